The second kappa shape index (κ2) is 6.58. The van der Waals surface area contributed by atoms with Gasteiger partial charge in [0.05, 0.1) is 11.5 Å². The molecule has 0 bridgehead atoms. The molecule has 9 heteroatoms. The quantitative estimate of drug-likeness (QED) is 0.602. The van der Waals surface area contributed by atoms with Crippen molar-refractivity contribution in [2.24, 2.45) is 7.05 Å². The maximum atomic E-state index is 11.4. The normalized spacial score (nSPS) is 17.0. The van der Waals surface area contributed by atoms with Crippen LogP contribution in [0.25, 0.3) is 0 Å². The van der Waals surface area contributed by atoms with E-state index in [4.69, 9.17) is 4.74 Å². The largest absolute Gasteiger partial charge is 0.485 e. The Hall–Kier alpha value is -2.84. The summed E-state index contributed by atoms with van der Waals surface area (Å²) in [5.41, 5.74) is 0.493. The number of ether oxygens (including phenoxy) is 1. The van der Waals surface area contributed by atoms with Crippen LogP contribution in [0.3, 0.4) is 0 Å². The zero-order valence-corrected chi connectivity index (χ0v) is 14.8. The zero-order valence-electron chi connectivity index (χ0n) is 14.8. The molecule has 134 valence electrons. The summed E-state index contributed by atoms with van der Waals surface area (Å²) in [4.78, 5) is 19.2. The number of aryl methyl sites for hydroxylation is 2. The molecule has 0 N–H and O–H groups in total. The van der Waals surface area contributed by atoms with Crippen LogP contribution in [0.5, 0.6) is 5.75 Å². The third-order valence-corrected chi connectivity index (χ3v) is 4.26. The molecule has 0 radical (unpaired) electrons. The summed E-state index contributed by atoms with van der Waals surface area (Å²) in [7, 11) is 5.56. The molecule has 25 heavy (non-hydrogen) atoms. The summed E-state index contributed by atoms with van der Waals surface area (Å²) in [5.74, 6) is 2.02. The molecule has 0 amide bonds. The van der Waals surface area contributed by atoms with Crippen LogP contribution < -0.4 is 14.5 Å². The molecule has 2 aromatic heterocycles. The lowest BCUT2D eigenvalue weighted by atomic mass is 10.3. The first-order valence-corrected chi connectivity index (χ1v) is 8.10. The van der Waals surface area contributed by atoms with Crippen LogP contribution in [0, 0.1) is 17.0 Å². The standard InChI is InChI=1S/C16H22N6O3/c1-11-14(22(23)24)16(20(4)18-11)21-9-7-12(10-21)25-13-6-5-8-17-15(13)19(2)3/h5-6,8,12H,7,9-10H2,1-4H3. The number of hydrogen-bond donors (Lipinski definition) is 0. The van der Waals surface area contributed by atoms with Crippen molar-refractivity contribution in [1.29, 1.82) is 0 Å². The van der Waals surface area contributed by atoms with Crippen molar-refractivity contribution in [3.63, 3.8) is 0 Å². The van der Waals surface area contributed by atoms with Gasteiger partial charge in [-0.05, 0) is 19.1 Å². The van der Waals surface area contributed by atoms with E-state index in [1.807, 2.05) is 36.0 Å². The molecule has 1 atom stereocenters. The highest BCUT2D eigenvalue weighted by Crippen LogP contribution is 2.34. The molecule has 3 rings (SSSR count). The molecular weight excluding hydrogens is 324 g/mol. The number of nitrogens with zero attached hydrogens (tertiary/aromatic N) is 6. The lowest BCUT2D eigenvalue weighted by Gasteiger charge is -2.20. The SMILES string of the molecule is Cc1nn(C)c(N2CCC(Oc3cccnc3N(C)C)C2)c1[N+](=O)[O-]. The summed E-state index contributed by atoms with van der Waals surface area (Å²) in [6.45, 7) is 2.91. The van der Waals surface area contributed by atoms with Gasteiger partial charge < -0.3 is 14.5 Å². The van der Waals surface area contributed by atoms with E-state index >= 15 is 0 Å². The summed E-state index contributed by atoms with van der Waals surface area (Å²) in [6, 6.07) is 3.73. The summed E-state index contributed by atoms with van der Waals surface area (Å²) >= 11 is 0. The van der Waals surface area contributed by atoms with E-state index in [1.54, 1.807) is 24.9 Å². The van der Waals surface area contributed by atoms with Crippen LogP contribution in [-0.2, 0) is 7.05 Å². The van der Waals surface area contributed by atoms with Crippen molar-refractivity contribution in [3.8, 4) is 5.75 Å². The second-order valence-electron chi connectivity index (χ2n) is 6.33. The molecule has 1 unspecified atom stereocenters. The van der Waals surface area contributed by atoms with Gasteiger partial charge >= 0.3 is 5.69 Å². The van der Waals surface area contributed by atoms with Crippen LogP contribution in [0.2, 0.25) is 0 Å². The molecule has 3 heterocycles. The smallest absolute Gasteiger partial charge is 0.333 e. The molecule has 1 aliphatic rings. The number of anilines is 2. The molecule has 0 aliphatic carbocycles. The average molecular weight is 346 g/mol. The lowest BCUT2D eigenvalue weighted by molar-refractivity contribution is -0.384. The van der Waals surface area contributed by atoms with Gasteiger partial charge in [-0.2, -0.15) is 5.10 Å². The van der Waals surface area contributed by atoms with Gasteiger partial charge in [0.2, 0.25) is 5.82 Å². The van der Waals surface area contributed by atoms with Crippen LogP contribution in [-0.4, -0.2) is 53.0 Å². The van der Waals surface area contributed by atoms with Crippen molar-refractivity contribution >= 4 is 17.3 Å². The third kappa shape index (κ3) is 3.21. The number of nitro groups is 1. The Morgan fingerprint density at radius 2 is 2.20 bits per heavy atom. The first-order valence-electron chi connectivity index (χ1n) is 8.10. The van der Waals surface area contributed by atoms with Gasteiger partial charge in [-0.15, -0.1) is 0 Å². The second-order valence-corrected chi connectivity index (χ2v) is 6.33. The molecule has 1 saturated heterocycles. The Bertz CT molecular complexity index is 788. The minimum absolute atomic E-state index is 0.0577. The van der Waals surface area contributed by atoms with Crippen molar-refractivity contribution < 1.29 is 9.66 Å². The van der Waals surface area contributed by atoms with Gasteiger partial charge in [0.1, 0.15) is 11.8 Å². The van der Waals surface area contributed by atoms with Crippen molar-refractivity contribution in [2.75, 3.05) is 37.0 Å². The maximum absolute atomic E-state index is 11.4. The van der Waals surface area contributed by atoms with Crippen molar-refractivity contribution in [1.82, 2.24) is 14.8 Å². The van der Waals surface area contributed by atoms with E-state index in [0.717, 1.165) is 18.0 Å². The van der Waals surface area contributed by atoms with Crippen LogP contribution in [0.15, 0.2) is 18.3 Å². The Labute approximate surface area is 146 Å². The highest BCUT2D eigenvalue weighted by atomic mass is 16.6. The van der Waals surface area contributed by atoms with E-state index in [2.05, 4.69) is 10.1 Å². The van der Waals surface area contributed by atoms with Gasteiger partial charge in [-0.1, -0.05) is 0 Å². The lowest BCUT2D eigenvalue weighted by Crippen LogP contribution is -2.27. The van der Waals surface area contributed by atoms with E-state index in [9.17, 15) is 10.1 Å². The number of aromatic nitrogens is 3. The van der Waals surface area contributed by atoms with E-state index in [0.29, 0.717) is 24.6 Å². The molecule has 0 aromatic carbocycles. The van der Waals surface area contributed by atoms with E-state index in [-0.39, 0.29) is 16.7 Å². The third-order valence-electron chi connectivity index (χ3n) is 4.26. The molecular formula is C16H22N6O3. The maximum Gasteiger partial charge on any atom is 0.333 e. The predicted octanol–water partition coefficient (Wildman–Crippen LogP) is 1.76. The van der Waals surface area contributed by atoms with Gasteiger partial charge in [0.15, 0.2) is 11.6 Å². The van der Waals surface area contributed by atoms with E-state index < -0.39 is 0 Å². The number of hydrogen-bond acceptors (Lipinski definition) is 7. The first kappa shape index (κ1) is 17.0. The van der Waals surface area contributed by atoms with Gasteiger partial charge in [0, 0.05) is 40.3 Å². The highest BCUT2D eigenvalue weighted by molar-refractivity contribution is 5.62. The van der Waals surface area contributed by atoms with Crippen molar-refractivity contribution in [2.45, 2.75) is 19.4 Å². The topological polar surface area (TPSA) is 89.6 Å². The monoisotopic (exact) mass is 346 g/mol. The van der Waals surface area contributed by atoms with E-state index in [1.165, 1.54) is 0 Å². The minimum Gasteiger partial charge on any atom is -0.485 e. The molecule has 2 aromatic rings. The Kier molecular flexibility index (Phi) is 4.47. The Morgan fingerprint density at radius 1 is 1.44 bits per heavy atom. The molecule has 0 saturated carbocycles. The summed E-state index contributed by atoms with van der Waals surface area (Å²) in [5, 5.41) is 15.6. The minimum atomic E-state index is -0.364. The zero-order chi connectivity index (χ0) is 18.1. The number of rotatable bonds is 5. The van der Waals surface area contributed by atoms with Gasteiger partial charge in [-0.25, -0.2) is 9.67 Å². The molecule has 1 aliphatic heterocycles. The fourth-order valence-corrected chi connectivity index (χ4v) is 3.21. The number of pyridine rings is 1. The fraction of sp³-hybridized carbons (Fsp3) is 0.500. The molecule has 9 nitrogen and oxygen atoms in total. The Balaban J connectivity index is 1.79. The first-order chi connectivity index (χ1) is 11.9. The van der Waals surface area contributed by atoms with Crippen LogP contribution >= 0.6 is 0 Å². The average Bonchev–Trinajstić information content (AvgIpc) is 3.11. The molecule has 0 spiro atoms. The van der Waals surface area contributed by atoms with Gasteiger partial charge in [0.25, 0.3) is 0 Å². The van der Waals surface area contributed by atoms with Crippen LogP contribution in [0.4, 0.5) is 17.3 Å². The molecule has 1 fully saturated rings. The highest BCUT2D eigenvalue weighted by Gasteiger charge is 2.34. The fourth-order valence-electron chi connectivity index (χ4n) is 3.21. The summed E-state index contributed by atoms with van der Waals surface area (Å²) < 4.78 is 7.70. The van der Waals surface area contributed by atoms with Crippen LogP contribution in [0.1, 0.15) is 12.1 Å². The summed E-state index contributed by atoms with van der Waals surface area (Å²) in [6.07, 6.45) is 2.45. The van der Waals surface area contributed by atoms with Crippen molar-refractivity contribution in [3.05, 3.63) is 34.1 Å². The Morgan fingerprint density at radius 3 is 2.88 bits per heavy atom. The van der Waals surface area contributed by atoms with Gasteiger partial charge in [-0.3, -0.25) is 10.1 Å². The predicted molar refractivity (Wildman–Crippen MR) is 94.4 cm³/mol.